The van der Waals surface area contributed by atoms with Gasteiger partial charge in [0, 0.05) is 25.2 Å². The van der Waals surface area contributed by atoms with E-state index in [0.29, 0.717) is 28.7 Å². The average Bonchev–Trinajstić information content (AvgIpc) is 3.07. The van der Waals surface area contributed by atoms with Crippen LogP contribution in [-0.2, 0) is 11.8 Å². The summed E-state index contributed by atoms with van der Waals surface area (Å²) in [5.41, 5.74) is 0.811. The molecule has 2 atom stereocenters. The Labute approximate surface area is 163 Å². The summed E-state index contributed by atoms with van der Waals surface area (Å²) in [6.45, 7) is 0.889. The van der Waals surface area contributed by atoms with Gasteiger partial charge in [-0.15, -0.1) is 10.2 Å². The van der Waals surface area contributed by atoms with E-state index in [1.807, 2.05) is 11.6 Å². The molecular weight excluding hydrogens is 363 g/mol. The third-order valence-corrected chi connectivity index (χ3v) is 6.83. The molecule has 27 heavy (non-hydrogen) atoms. The zero-order chi connectivity index (χ0) is 18.8. The summed E-state index contributed by atoms with van der Waals surface area (Å²) in [4.78, 5) is 15.0. The number of halogens is 1. The molecule has 144 valence electrons. The fourth-order valence-electron chi connectivity index (χ4n) is 4.43. The first-order chi connectivity index (χ1) is 13.1. The van der Waals surface area contributed by atoms with E-state index in [9.17, 15) is 9.18 Å². The Hall–Kier alpha value is -1.89. The highest BCUT2D eigenvalue weighted by atomic mass is 32.2. The number of benzene rings is 1. The Bertz CT molecular complexity index is 805. The number of carbonyl (C=O) groups is 1. The molecule has 2 aliphatic rings. The summed E-state index contributed by atoms with van der Waals surface area (Å²) in [5.74, 6) is 1.70. The van der Waals surface area contributed by atoms with Crippen molar-refractivity contribution in [1.82, 2.24) is 19.7 Å². The number of carbonyl (C=O) groups excluding carboxylic acids is 1. The highest BCUT2D eigenvalue weighted by molar-refractivity contribution is 7.99. The van der Waals surface area contributed by atoms with E-state index in [1.165, 1.54) is 49.6 Å². The Kier molecular flexibility index (Phi) is 5.48. The maximum atomic E-state index is 13.1. The van der Waals surface area contributed by atoms with Gasteiger partial charge in [-0.25, -0.2) is 4.39 Å². The normalized spacial score (nSPS) is 22.5. The SMILES string of the molecule is Cn1c(SCC(=O)N2CCC[C@@H]3CCCC[C@H]32)nnc1-c1ccc(F)cc1. The van der Waals surface area contributed by atoms with Crippen molar-refractivity contribution in [2.24, 2.45) is 13.0 Å². The lowest BCUT2D eigenvalue weighted by Crippen LogP contribution is -2.50. The fraction of sp³-hybridized carbons (Fsp3) is 0.550. The monoisotopic (exact) mass is 388 g/mol. The zero-order valence-electron chi connectivity index (χ0n) is 15.6. The van der Waals surface area contributed by atoms with Crippen LogP contribution in [0.15, 0.2) is 29.4 Å². The van der Waals surface area contributed by atoms with Gasteiger partial charge >= 0.3 is 0 Å². The first kappa shape index (κ1) is 18.5. The van der Waals surface area contributed by atoms with Crippen LogP contribution in [0.2, 0.25) is 0 Å². The van der Waals surface area contributed by atoms with Gasteiger partial charge in [0.05, 0.1) is 5.75 Å². The van der Waals surface area contributed by atoms with Crippen LogP contribution in [0.4, 0.5) is 4.39 Å². The maximum absolute atomic E-state index is 13.1. The Morgan fingerprint density at radius 1 is 1.15 bits per heavy atom. The zero-order valence-corrected chi connectivity index (χ0v) is 16.4. The van der Waals surface area contributed by atoms with Crippen LogP contribution in [0.1, 0.15) is 38.5 Å². The lowest BCUT2D eigenvalue weighted by atomic mass is 9.78. The first-order valence-corrected chi connectivity index (χ1v) is 10.7. The second kappa shape index (κ2) is 8.00. The van der Waals surface area contributed by atoms with E-state index in [1.54, 1.807) is 12.1 Å². The summed E-state index contributed by atoms with van der Waals surface area (Å²) in [7, 11) is 1.88. The highest BCUT2D eigenvalue weighted by Gasteiger charge is 2.35. The van der Waals surface area contributed by atoms with E-state index < -0.39 is 0 Å². The van der Waals surface area contributed by atoms with Crippen LogP contribution >= 0.6 is 11.8 Å². The van der Waals surface area contributed by atoms with Crippen molar-refractivity contribution in [3.8, 4) is 11.4 Å². The van der Waals surface area contributed by atoms with Crippen LogP contribution in [0.3, 0.4) is 0 Å². The van der Waals surface area contributed by atoms with Crippen LogP contribution in [-0.4, -0.2) is 43.9 Å². The van der Waals surface area contributed by atoms with Crippen molar-refractivity contribution in [3.05, 3.63) is 30.1 Å². The molecule has 7 heteroatoms. The van der Waals surface area contributed by atoms with E-state index in [2.05, 4.69) is 15.1 Å². The molecule has 2 heterocycles. The molecule has 2 aromatic rings. The summed E-state index contributed by atoms with van der Waals surface area (Å²) in [6, 6.07) is 6.65. The second-order valence-corrected chi connectivity index (χ2v) is 8.44. The molecule has 0 bridgehead atoms. The molecule has 1 aromatic carbocycles. The van der Waals surface area contributed by atoms with E-state index in [0.717, 1.165) is 24.9 Å². The number of thioether (sulfide) groups is 1. The first-order valence-electron chi connectivity index (χ1n) is 9.71. The largest absolute Gasteiger partial charge is 0.339 e. The molecule has 1 aromatic heterocycles. The fourth-order valence-corrected chi connectivity index (χ4v) is 5.23. The van der Waals surface area contributed by atoms with E-state index >= 15 is 0 Å². The molecule has 0 unspecified atom stereocenters. The molecule has 0 radical (unpaired) electrons. The quantitative estimate of drug-likeness (QED) is 0.746. The topological polar surface area (TPSA) is 51.0 Å². The lowest BCUT2D eigenvalue weighted by molar-refractivity contribution is -0.134. The molecule has 0 N–H and O–H groups in total. The molecule has 1 saturated heterocycles. The third-order valence-electron chi connectivity index (χ3n) is 5.83. The minimum absolute atomic E-state index is 0.211. The van der Waals surface area contributed by atoms with Gasteiger partial charge in [0.2, 0.25) is 5.91 Å². The van der Waals surface area contributed by atoms with Gasteiger partial charge in [0.15, 0.2) is 11.0 Å². The predicted octanol–water partition coefficient (Wildman–Crippen LogP) is 3.89. The summed E-state index contributed by atoms with van der Waals surface area (Å²) < 4.78 is 15.0. The number of piperidine rings is 1. The van der Waals surface area contributed by atoms with E-state index in [-0.39, 0.29) is 11.7 Å². The molecular formula is C20H25FN4OS. The number of rotatable bonds is 4. The Morgan fingerprint density at radius 3 is 2.70 bits per heavy atom. The van der Waals surface area contributed by atoms with Gasteiger partial charge in [0.25, 0.3) is 0 Å². The summed E-state index contributed by atoms with van der Waals surface area (Å²) in [6.07, 6.45) is 7.36. The van der Waals surface area contributed by atoms with Gasteiger partial charge < -0.3 is 9.47 Å². The standard InChI is InChI=1S/C20H25FN4OS/c1-24-19(15-8-10-16(21)11-9-15)22-23-20(24)27-13-18(26)25-12-4-6-14-5-2-3-7-17(14)25/h8-11,14,17H,2-7,12-13H2,1H3/t14-,17+/m0/s1. The number of aromatic nitrogens is 3. The number of hydrogen-bond acceptors (Lipinski definition) is 4. The highest BCUT2D eigenvalue weighted by Crippen LogP contribution is 2.35. The number of likely N-dealkylation sites (tertiary alicyclic amines) is 1. The van der Waals surface area contributed by atoms with Crippen LogP contribution in [0.5, 0.6) is 0 Å². The van der Waals surface area contributed by atoms with Crippen LogP contribution in [0, 0.1) is 11.7 Å². The van der Waals surface area contributed by atoms with Crippen molar-refractivity contribution in [2.45, 2.75) is 49.7 Å². The molecule has 2 fully saturated rings. The number of nitrogens with zero attached hydrogens (tertiary/aromatic N) is 4. The van der Waals surface area contributed by atoms with Gasteiger partial charge in [-0.2, -0.15) is 0 Å². The smallest absolute Gasteiger partial charge is 0.233 e. The molecule has 0 spiro atoms. The molecule has 1 saturated carbocycles. The molecule has 4 rings (SSSR count). The van der Waals surface area contributed by atoms with Crippen LogP contribution < -0.4 is 0 Å². The number of fused-ring (bicyclic) bond motifs is 1. The molecule has 5 nitrogen and oxygen atoms in total. The van der Waals surface area contributed by atoms with Crippen LogP contribution in [0.25, 0.3) is 11.4 Å². The average molecular weight is 389 g/mol. The number of amides is 1. The second-order valence-electron chi connectivity index (χ2n) is 7.50. The van der Waals surface area contributed by atoms with Crippen molar-refractivity contribution in [1.29, 1.82) is 0 Å². The van der Waals surface area contributed by atoms with Crippen molar-refractivity contribution in [3.63, 3.8) is 0 Å². The molecule has 1 aliphatic carbocycles. The van der Waals surface area contributed by atoms with Crippen molar-refractivity contribution >= 4 is 17.7 Å². The van der Waals surface area contributed by atoms with Crippen molar-refractivity contribution in [2.75, 3.05) is 12.3 Å². The third kappa shape index (κ3) is 3.88. The summed E-state index contributed by atoms with van der Waals surface area (Å²) in [5, 5.41) is 9.15. The van der Waals surface area contributed by atoms with Crippen molar-refractivity contribution < 1.29 is 9.18 Å². The maximum Gasteiger partial charge on any atom is 0.233 e. The Balaban J connectivity index is 1.41. The Morgan fingerprint density at radius 2 is 1.89 bits per heavy atom. The van der Waals surface area contributed by atoms with E-state index in [4.69, 9.17) is 0 Å². The number of hydrogen-bond donors (Lipinski definition) is 0. The summed E-state index contributed by atoms with van der Waals surface area (Å²) >= 11 is 1.43. The molecule has 1 aliphatic heterocycles. The van der Waals surface area contributed by atoms with Gasteiger partial charge in [-0.1, -0.05) is 24.6 Å². The predicted molar refractivity (Wildman–Crippen MR) is 104 cm³/mol. The lowest BCUT2D eigenvalue weighted by Gasteiger charge is -2.44. The minimum atomic E-state index is -0.274. The van der Waals surface area contributed by atoms with Gasteiger partial charge in [-0.05, 0) is 55.9 Å². The minimum Gasteiger partial charge on any atom is -0.339 e. The van der Waals surface area contributed by atoms with Gasteiger partial charge in [0.1, 0.15) is 5.82 Å². The molecule has 1 amide bonds. The van der Waals surface area contributed by atoms with Gasteiger partial charge in [-0.3, -0.25) is 4.79 Å².